The summed E-state index contributed by atoms with van der Waals surface area (Å²) in [5.74, 6) is 0.609. The first-order valence-electron chi connectivity index (χ1n) is 3.09. The quantitative estimate of drug-likeness (QED) is 0.682. The van der Waals surface area contributed by atoms with Crippen molar-refractivity contribution in [3.8, 4) is 5.75 Å². The molecule has 1 rings (SSSR count). The van der Waals surface area contributed by atoms with E-state index in [-0.39, 0.29) is 5.43 Å². The van der Waals surface area contributed by atoms with Gasteiger partial charge in [-0.05, 0) is 0 Å². The molecule has 0 aliphatic rings. The number of hydrogen-bond acceptors (Lipinski definition) is 2. The average molecular weight is 174 g/mol. The van der Waals surface area contributed by atoms with Gasteiger partial charge in [0.25, 0.3) is 0 Å². The number of pyridine rings is 1. The molecule has 0 unspecified atom stereocenters. The molecule has 0 fully saturated rings. The Morgan fingerprint density at radius 1 is 1.73 bits per heavy atom. The van der Waals surface area contributed by atoms with Gasteiger partial charge in [0.05, 0.1) is 13.0 Å². The molecule has 11 heavy (non-hydrogen) atoms. The second kappa shape index (κ2) is 3.44. The molecule has 0 amide bonds. The summed E-state index contributed by atoms with van der Waals surface area (Å²) < 4.78 is 4.76. The molecule has 4 heteroatoms. The minimum atomic E-state index is -0.151. The molecular weight excluding hydrogens is 166 g/mol. The lowest BCUT2D eigenvalue weighted by Crippen LogP contribution is -2.05. The van der Waals surface area contributed by atoms with E-state index in [0.717, 1.165) is 0 Å². The van der Waals surface area contributed by atoms with Gasteiger partial charge in [-0.1, -0.05) is 0 Å². The number of rotatable bonds is 2. The van der Waals surface area contributed by atoms with E-state index in [9.17, 15) is 4.79 Å². The Balaban J connectivity index is 3.10. The second-order valence-electron chi connectivity index (χ2n) is 2.02. The number of nitrogens with one attached hydrogen (secondary N) is 1. The summed E-state index contributed by atoms with van der Waals surface area (Å²) in [7, 11) is 1.45. The normalized spacial score (nSPS) is 9.64. The molecule has 0 saturated heterocycles. The van der Waals surface area contributed by atoms with Gasteiger partial charge in [-0.3, -0.25) is 4.79 Å². The van der Waals surface area contributed by atoms with Crippen LogP contribution in [0.5, 0.6) is 5.75 Å². The van der Waals surface area contributed by atoms with E-state index >= 15 is 0 Å². The lowest BCUT2D eigenvalue weighted by molar-refractivity contribution is 0.408. The fourth-order valence-corrected chi connectivity index (χ4v) is 0.891. The lowest BCUT2D eigenvalue weighted by atomic mass is 10.3. The number of ether oxygens (including phenoxy) is 1. The number of halogens is 1. The molecule has 3 nitrogen and oxygen atoms in total. The zero-order chi connectivity index (χ0) is 8.27. The molecule has 1 heterocycles. The number of aromatic amines is 1. The van der Waals surface area contributed by atoms with Crippen LogP contribution < -0.4 is 10.2 Å². The summed E-state index contributed by atoms with van der Waals surface area (Å²) >= 11 is 5.48. The molecule has 1 aromatic heterocycles. The Labute approximate surface area is 69.0 Å². The third kappa shape index (κ3) is 1.74. The SMILES string of the molecule is COc1c[nH]c(CCl)cc1=O. The second-order valence-corrected chi connectivity index (χ2v) is 2.29. The maximum Gasteiger partial charge on any atom is 0.223 e. The average Bonchev–Trinajstić information content (AvgIpc) is 2.04. The Hall–Kier alpha value is -0.960. The van der Waals surface area contributed by atoms with Crippen molar-refractivity contribution in [2.24, 2.45) is 0 Å². The molecule has 0 aliphatic carbocycles. The van der Waals surface area contributed by atoms with Crippen LogP contribution in [0, 0.1) is 0 Å². The molecule has 0 atom stereocenters. The van der Waals surface area contributed by atoms with E-state index in [1.807, 2.05) is 0 Å². The van der Waals surface area contributed by atoms with Gasteiger partial charge in [0.2, 0.25) is 5.43 Å². The first-order chi connectivity index (χ1) is 5.27. The van der Waals surface area contributed by atoms with Gasteiger partial charge in [0.15, 0.2) is 5.75 Å². The fraction of sp³-hybridized carbons (Fsp3) is 0.286. The minimum absolute atomic E-state index is 0.151. The van der Waals surface area contributed by atoms with Crippen molar-refractivity contribution >= 4 is 11.6 Å². The molecule has 0 radical (unpaired) electrons. The Morgan fingerprint density at radius 2 is 2.45 bits per heavy atom. The molecule has 0 saturated carbocycles. The van der Waals surface area contributed by atoms with Gasteiger partial charge in [-0.2, -0.15) is 0 Å². The van der Waals surface area contributed by atoms with Gasteiger partial charge >= 0.3 is 0 Å². The molecule has 0 aromatic carbocycles. The number of H-pyrrole nitrogens is 1. The van der Waals surface area contributed by atoms with Crippen molar-refractivity contribution in [3.05, 3.63) is 28.2 Å². The molecule has 0 spiro atoms. The topological polar surface area (TPSA) is 42.1 Å². The van der Waals surface area contributed by atoms with Gasteiger partial charge in [0.1, 0.15) is 0 Å². The summed E-state index contributed by atoms with van der Waals surface area (Å²) in [6.45, 7) is 0. The Bertz CT molecular complexity index is 295. The van der Waals surface area contributed by atoms with Crippen molar-refractivity contribution in [2.45, 2.75) is 5.88 Å². The number of alkyl halides is 1. The van der Waals surface area contributed by atoms with Crippen LogP contribution >= 0.6 is 11.6 Å². The zero-order valence-electron chi connectivity index (χ0n) is 6.06. The van der Waals surface area contributed by atoms with Crippen LogP contribution in [0.1, 0.15) is 5.69 Å². The van der Waals surface area contributed by atoms with Gasteiger partial charge < -0.3 is 9.72 Å². The van der Waals surface area contributed by atoms with Gasteiger partial charge in [-0.25, -0.2) is 0 Å². The molecule has 60 valence electrons. The molecular formula is C7H8ClNO2. The maximum absolute atomic E-state index is 11.0. The highest BCUT2D eigenvalue weighted by Gasteiger charge is 1.98. The molecule has 0 bridgehead atoms. The molecule has 1 N–H and O–H groups in total. The van der Waals surface area contributed by atoms with Crippen molar-refractivity contribution in [1.82, 2.24) is 4.98 Å². The van der Waals surface area contributed by atoms with Crippen LogP contribution in [-0.2, 0) is 5.88 Å². The van der Waals surface area contributed by atoms with Crippen molar-refractivity contribution < 1.29 is 4.74 Å². The molecule has 0 aliphatic heterocycles. The summed E-state index contributed by atoms with van der Waals surface area (Å²) in [5.41, 5.74) is 0.541. The largest absolute Gasteiger partial charge is 0.491 e. The number of hydrogen-bond donors (Lipinski definition) is 1. The summed E-state index contributed by atoms with van der Waals surface area (Å²) in [6.07, 6.45) is 1.50. The van der Waals surface area contributed by atoms with E-state index in [1.54, 1.807) is 0 Å². The lowest BCUT2D eigenvalue weighted by Gasteiger charge is -1.98. The highest BCUT2D eigenvalue weighted by atomic mass is 35.5. The Morgan fingerprint density at radius 3 is 2.91 bits per heavy atom. The minimum Gasteiger partial charge on any atom is -0.491 e. The van der Waals surface area contributed by atoms with Crippen LogP contribution in [0.2, 0.25) is 0 Å². The highest BCUT2D eigenvalue weighted by molar-refractivity contribution is 6.16. The van der Waals surface area contributed by atoms with E-state index < -0.39 is 0 Å². The first-order valence-corrected chi connectivity index (χ1v) is 3.63. The summed E-state index contributed by atoms with van der Waals surface area (Å²) in [6, 6.07) is 1.42. The zero-order valence-corrected chi connectivity index (χ0v) is 6.81. The fourth-order valence-electron chi connectivity index (χ4n) is 0.737. The van der Waals surface area contributed by atoms with E-state index in [4.69, 9.17) is 16.3 Å². The van der Waals surface area contributed by atoms with Crippen molar-refractivity contribution in [1.29, 1.82) is 0 Å². The number of aromatic nitrogens is 1. The van der Waals surface area contributed by atoms with Crippen LogP contribution in [-0.4, -0.2) is 12.1 Å². The summed E-state index contributed by atoms with van der Waals surface area (Å²) in [4.78, 5) is 13.8. The van der Waals surface area contributed by atoms with Crippen LogP contribution in [0.3, 0.4) is 0 Å². The summed E-state index contributed by atoms with van der Waals surface area (Å²) in [5, 5.41) is 0. The van der Waals surface area contributed by atoms with Crippen LogP contribution in [0.4, 0.5) is 0 Å². The third-order valence-electron chi connectivity index (χ3n) is 1.30. The van der Waals surface area contributed by atoms with Crippen molar-refractivity contribution in [2.75, 3.05) is 7.11 Å². The van der Waals surface area contributed by atoms with Crippen LogP contribution in [0.25, 0.3) is 0 Å². The smallest absolute Gasteiger partial charge is 0.223 e. The predicted molar refractivity (Wildman–Crippen MR) is 43.2 cm³/mol. The van der Waals surface area contributed by atoms with E-state index in [2.05, 4.69) is 4.98 Å². The van der Waals surface area contributed by atoms with Crippen molar-refractivity contribution in [3.63, 3.8) is 0 Å². The predicted octanol–water partition coefficient (Wildman–Crippen LogP) is 1.12. The van der Waals surface area contributed by atoms with E-state index in [0.29, 0.717) is 17.3 Å². The first kappa shape index (κ1) is 8.14. The van der Waals surface area contributed by atoms with Crippen LogP contribution in [0.15, 0.2) is 17.1 Å². The number of methoxy groups -OCH3 is 1. The van der Waals surface area contributed by atoms with Gasteiger partial charge in [-0.15, -0.1) is 11.6 Å². The molecule has 1 aromatic rings. The Kier molecular flexibility index (Phi) is 2.54. The standard InChI is InChI=1S/C7H8ClNO2/c1-11-7-4-9-5(3-8)2-6(7)10/h2,4H,3H2,1H3,(H,9,10). The highest BCUT2D eigenvalue weighted by Crippen LogP contribution is 2.02. The monoisotopic (exact) mass is 173 g/mol. The van der Waals surface area contributed by atoms with Gasteiger partial charge in [0, 0.05) is 18.0 Å². The third-order valence-corrected chi connectivity index (χ3v) is 1.59. The van der Waals surface area contributed by atoms with E-state index in [1.165, 1.54) is 19.4 Å². The maximum atomic E-state index is 11.0.